The minimum Gasteiger partial charge on any atom is -0.378 e. The van der Waals surface area contributed by atoms with Crippen LogP contribution in [0.1, 0.15) is 12.8 Å². The molecule has 4 rings (SSSR count). The molecule has 2 aliphatic rings. The molecule has 2 saturated heterocycles. The predicted octanol–water partition coefficient (Wildman–Crippen LogP) is 2.68. The van der Waals surface area contributed by atoms with Gasteiger partial charge in [0, 0.05) is 19.7 Å². The Kier molecular flexibility index (Phi) is 6.11. The molecule has 6 nitrogen and oxygen atoms in total. The fraction of sp³-hybridized carbons (Fsp3) is 0.500. The second-order valence-corrected chi connectivity index (χ2v) is 7.76. The van der Waals surface area contributed by atoms with Crippen LogP contribution in [0, 0.1) is 0 Å². The van der Waals surface area contributed by atoms with Gasteiger partial charge >= 0.3 is 0 Å². The lowest BCUT2D eigenvalue weighted by molar-refractivity contribution is -0.132. The largest absolute Gasteiger partial charge is 0.378 e. The van der Waals surface area contributed by atoms with Gasteiger partial charge in [-0.2, -0.15) is 0 Å². The van der Waals surface area contributed by atoms with E-state index >= 15 is 0 Å². The van der Waals surface area contributed by atoms with Crippen LogP contribution >= 0.6 is 11.8 Å². The maximum Gasteiger partial charge on any atom is 0.233 e. The Balaban J connectivity index is 1.50. The second kappa shape index (κ2) is 8.91. The Morgan fingerprint density at radius 2 is 2.00 bits per heavy atom. The van der Waals surface area contributed by atoms with Gasteiger partial charge in [-0.1, -0.05) is 42.1 Å². The number of benzene rings is 1. The van der Waals surface area contributed by atoms with Crippen LogP contribution in [-0.4, -0.2) is 65.1 Å². The summed E-state index contributed by atoms with van der Waals surface area (Å²) in [5.74, 6) is 0.549. The molecule has 0 N–H and O–H groups in total. The number of thioether (sulfide) groups is 1. The van der Waals surface area contributed by atoms with Crippen molar-refractivity contribution in [2.75, 3.05) is 38.7 Å². The first-order valence-corrected chi connectivity index (χ1v) is 10.5. The van der Waals surface area contributed by atoms with Crippen molar-refractivity contribution in [3.05, 3.63) is 36.5 Å². The van der Waals surface area contributed by atoms with Crippen molar-refractivity contribution in [2.45, 2.75) is 30.6 Å². The van der Waals surface area contributed by atoms with Crippen molar-refractivity contribution in [3.63, 3.8) is 0 Å². The smallest absolute Gasteiger partial charge is 0.233 e. The van der Waals surface area contributed by atoms with Gasteiger partial charge < -0.3 is 18.9 Å². The normalized spacial score (nSPS) is 20.1. The number of aromatic nitrogens is 2. The third-order valence-corrected chi connectivity index (χ3v) is 5.96. The van der Waals surface area contributed by atoms with Crippen molar-refractivity contribution in [2.24, 2.45) is 0 Å². The van der Waals surface area contributed by atoms with E-state index < -0.39 is 0 Å². The molecule has 144 valence electrons. The molecule has 3 heterocycles. The second-order valence-electron chi connectivity index (χ2n) is 6.82. The predicted molar refractivity (Wildman–Crippen MR) is 105 cm³/mol. The molecule has 0 unspecified atom stereocenters. The van der Waals surface area contributed by atoms with Gasteiger partial charge in [0.2, 0.25) is 5.91 Å². The van der Waals surface area contributed by atoms with E-state index in [1.807, 2.05) is 29.3 Å². The highest BCUT2D eigenvalue weighted by molar-refractivity contribution is 7.99. The van der Waals surface area contributed by atoms with E-state index in [2.05, 4.69) is 21.7 Å². The summed E-state index contributed by atoms with van der Waals surface area (Å²) < 4.78 is 13.4. The molecule has 1 amide bonds. The lowest BCUT2D eigenvalue weighted by Crippen LogP contribution is -2.41. The number of hydrogen-bond donors (Lipinski definition) is 0. The molecule has 0 aliphatic carbocycles. The third-order valence-electron chi connectivity index (χ3n) is 4.99. The quantitative estimate of drug-likeness (QED) is 0.714. The summed E-state index contributed by atoms with van der Waals surface area (Å²) >= 11 is 1.51. The molecule has 0 bridgehead atoms. The van der Waals surface area contributed by atoms with E-state index in [0.717, 1.165) is 42.4 Å². The third kappa shape index (κ3) is 4.54. The van der Waals surface area contributed by atoms with Gasteiger partial charge in [-0.25, -0.2) is 4.98 Å². The summed E-state index contributed by atoms with van der Waals surface area (Å²) in [7, 11) is 0. The van der Waals surface area contributed by atoms with E-state index in [1.54, 1.807) is 0 Å². The minimum absolute atomic E-state index is 0.149. The number of carbonyl (C=O) groups excluding carboxylic acids is 1. The van der Waals surface area contributed by atoms with Crippen LogP contribution in [0.15, 0.2) is 41.7 Å². The first kappa shape index (κ1) is 18.5. The molecular weight excluding hydrogens is 362 g/mol. The van der Waals surface area contributed by atoms with Gasteiger partial charge in [0.15, 0.2) is 5.16 Å². The summed E-state index contributed by atoms with van der Waals surface area (Å²) in [5, 5.41) is 0.881. The number of amides is 1. The number of rotatable bonds is 6. The number of imidazole rings is 1. The Bertz CT molecular complexity index is 753. The van der Waals surface area contributed by atoms with Gasteiger partial charge in [0.05, 0.1) is 43.5 Å². The van der Waals surface area contributed by atoms with Crippen molar-refractivity contribution in [1.29, 1.82) is 0 Å². The monoisotopic (exact) mass is 387 g/mol. The van der Waals surface area contributed by atoms with Crippen LogP contribution in [0.3, 0.4) is 0 Å². The number of hydrogen-bond acceptors (Lipinski definition) is 5. The summed E-state index contributed by atoms with van der Waals surface area (Å²) in [6.07, 6.45) is 4.31. The summed E-state index contributed by atoms with van der Waals surface area (Å²) in [5.41, 5.74) is 2.21. The van der Waals surface area contributed by atoms with Gasteiger partial charge in [0.25, 0.3) is 0 Å². The average Bonchev–Trinajstić information content (AvgIpc) is 3.38. The molecule has 1 aromatic carbocycles. The summed E-state index contributed by atoms with van der Waals surface area (Å²) in [6.45, 7) is 4.22. The lowest BCUT2D eigenvalue weighted by atomic mass is 10.1. The lowest BCUT2D eigenvalue weighted by Gasteiger charge is -2.26. The van der Waals surface area contributed by atoms with Crippen LogP contribution in [0.25, 0.3) is 11.3 Å². The maximum absolute atomic E-state index is 12.5. The first-order chi connectivity index (χ1) is 13.3. The van der Waals surface area contributed by atoms with E-state index in [-0.39, 0.29) is 12.0 Å². The van der Waals surface area contributed by atoms with Crippen LogP contribution in [0.5, 0.6) is 0 Å². The SMILES string of the molecule is O=C(CSc1ncc(-c2ccccc2)n1C[C@@H]1CCCO1)N1CCOCC1. The molecule has 2 aliphatic heterocycles. The molecule has 2 aromatic rings. The molecule has 27 heavy (non-hydrogen) atoms. The van der Waals surface area contributed by atoms with E-state index in [0.29, 0.717) is 32.1 Å². The molecule has 1 aromatic heterocycles. The highest BCUT2D eigenvalue weighted by atomic mass is 32.2. The maximum atomic E-state index is 12.5. The Morgan fingerprint density at radius 3 is 2.74 bits per heavy atom. The fourth-order valence-electron chi connectivity index (χ4n) is 3.51. The highest BCUT2D eigenvalue weighted by Gasteiger charge is 2.22. The van der Waals surface area contributed by atoms with Crippen LogP contribution < -0.4 is 0 Å². The summed E-state index contributed by atoms with van der Waals surface area (Å²) in [4.78, 5) is 19.0. The molecule has 7 heteroatoms. The van der Waals surface area contributed by atoms with E-state index in [4.69, 9.17) is 9.47 Å². The minimum atomic E-state index is 0.149. The molecule has 2 fully saturated rings. The number of ether oxygens (including phenoxy) is 2. The summed E-state index contributed by atoms with van der Waals surface area (Å²) in [6, 6.07) is 10.3. The Morgan fingerprint density at radius 1 is 1.19 bits per heavy atom. The van der Waals surface area contributed by atoms with Crippen molar-refractivity contribution in [1.82, 2.24) is 14.5 Å². The van der Waals surface area contributed by atoms with Crippen LogP contribution in [0.2, 0.25) is 0 Å². The first-order valence-electron chi connectivity index (χ1n) is 9.52. The highest BCUT2D eigenvalue weighted by Crippen LogP contribution is 2.28. The van der Waals surface area contributed by atoms with Gasteiger partial charge in [-0.3, -0.25) is 4.79 Å². The van der Waals surface area contributed by atoms with Crippen LogP contribution in [0.4, 0.5) is 0 Å². The zero-order chi connectivity index (χ0) is 18.5. The van der Waals surface area contributed by atoms with E-state index in [1.165, 1.54) is 11.8 Å². The van der Waals surface area contributed by atoms with Crippen molar-refractivity contribution < 1.29 is 14.3 Å². The van der Waals surface area contributed by atoms with Crippen molar-refractivity contribution in [3.8, 4) is 11.3 Å². The molecule has 0 saturated carbocycles. The standard InChI is InChI=1S/C20H25N3O3S/c24-19(22-8-11-25-12-9-22)15-27-20-21-13-18(16-5-2-1-3-6-16)23(20)14-17-7-4-10-26-17/h1-3,5-6,13,17H,4,7-12,14-15H2/t17-/m0/s1. The number of nitrogens with zero attached hydrogens (tertiary/aromatic N) is 3. The van der Waals surface area contributed by atoms with E-state index in [9.17, 15) is 4.79 Å². The fourth-order valence-corrected chi connectivity index (χ4v) is 4.40. The van der Waals surface area contributed by atoms with Gasteiger partial charge in [-0.05, 0) is 18.4 Å². The number of carbonyl (C=O) groups is 1. The average molecular weight is 388 g/mol. The Labute approximate surface area is 163 Å². The molecule has 0 radical (unpaired) electrons. The van der Waals surface area contributed by atoms with Gasteiger partial charge in [-0.15, -0.1) is 0 Å². The van der Waals surface area contributed by atoms with Crippen LogP contribution in [-0.2, 0) is 20.8 Å². The molecule has 0 spiro atoms. The van der Waals surface area contributed by atoms with Crippen molar-refractivity contribution >= 4 is 17.7 Å². The Hall–Kier alpha value is -1.83. The topological polar surface area (TPSA) is 56.6 Å². The zero-order valence-corrected chi connectivity index (χ0v) is 16.2. The zero-order valence-electron chi connectivity index (χ0n) is 15.4. The van der Waals surface area contributed by atoms with Gasteiger partial charge in [0.1, 0.15) is 0 Å². The molecular formula is C20H25N3O3S. The molecule has 1 atom stereocenters. The number of morpholine rings is 1.